The number of nitrogens with one attached hydrogen (secondary N) is 2. The van der Waals surface area contributed by atoms with E-state index >= 15 is 0 Å². The van der Waals surface area contributed by atoms with E-state index in [1.165, 1.54) is 11.4 Å². The van der Waals surface area contributed by atoms with Crippen molar-refractivity contribution in [3.05, 3.63) is 59.2 Å². The van der Waals surface area contributed by atoms with E-state index in [9.17, 15) is 18.0 Å². The number of anilines is 2. The summed E-state index contributed by atoms with van der Waals surface area (Å²) < 4.78 is 24.7. The molecule has 0 radical (unpaired) electrons. The van der Waals surface area contributed by atoms with Crippen molar-refractivity contribution in [2.45, 2.75) is 26.7 Å². The summed E-state index contributed by atoms with van der Waals surface area (Å²) >= 11 is 0. The number of rotatable bonds is 8. The van der Waals surface area contributed by atoms with Crippen molar-refractivity contribution in [1.29, 1.82) is 0 Å². The lowest BCUT2D eigenvalue weighted by molar-refractivity contribution is 0.0954. The number of benzene rings is 2. The molecule has 0 atom stereocenters. The van der Waals surface area contributed by atoms with Crippen molar-refractivity contribution in [1.82, 2.24) is 5.32 Å². The van der Waals surface area contributed by atoms with Gasteiger partial charge in [-0.3, -0.25) is 13.9 Å². The van der Waals surface area contributed by atoms with Gasteiger partial charge in [-0.1, -0.05) is 25.5 Å². The fraction of sp³-hybridized carbons (Fsp3) is 0.333. The quantitative estimate of drug-likeness (QED) is 0.645. The molecule has 8 heteroatoms. The van der Waals surface area contributed by atoms with Gasteiger partial charge >= 0.3 is 0 Å². The third-order valence-corrected chi connectivity index (χ3v) is 5.72. The average molecular weight is 418 g/mol. The van der Waals surface area contributed by atoms with Gasteiger partial charge < -0.3 is 10.6 Å². The monoisotopic (exact) mass is 417 g/mol. The molecule has 29 heavy (non-hydrogen) atoms. The molecule has 0 fully saturated rings. The maximum atomic E-state index is 12.7. The number of nitrogens with zero attached hydrogens (tertiary/aromatic N) is 1. The van der Waals surface area contributed by atoms with Crippen molar-refractivity contribution < 1.29 is 18.0 Å². The van der Waals surface area contributed by atoms with Gasteiger partial charge in [0.1, 0.15) is 0 Å². The highest BCUT2D eigenvalue weighted by Gasteiger charge is 2.17. The fourth-order valence-corrected chi connectivity index (χ4v) is 3.35. The predicted octanol–water partition coefficient (Wildman–Crippen LogP) is 3.17. The van der Waals surface area contributed by atoms with Crippen molar-refractivity contribution >= 4 is 33.2 Å². The van der Waals surface area contributed by atoms with Crippen molar-refractivity contribution in [2.24, 2.45) is 0 Å². The lowest BCUT2D eigenvalue weighted by Crippen LogP contribution is -2.26. The Morgan fingerprint density at radius 2 is 1.76 bits per heavy atom. The van der Waals surface area contributed by atoms with Crippen LogP contribution in [0.2, 0.25) is 0 Å². The maximum absolute atomic E-state index is 12.7. The van der Waals surface area contributed by atoms with E-state index < -0.39 is 10.0 Å². The van der Waals surface area contributed by atoms with Crippen LogP contribution in [-0.4, -0.2) is 40.1 Å². The predicted molar refractivity (Wildman–Crippen MR) is 116 cm³/mol. The molecule has 0 unspecified atom stereocenters. The molecule has 0 saturated carbocycles. The van der Waals surface area contributed by atoms with Crippen LogP contribution in [0.25, 0.3) is 0 Å². The van der Waals surface area contributed by atoms with E-state index in [1.807, 2.05) is 6.92 Å². The van der Waals surface area contributed by atoms with E-state index in [4.69, 9.17) is 0 Å². The number of aryl methyl sites for hydroxylation is 1. The van der Waals surface area contributed by atoms with Crippen molar-refractivity contribution in [3.63, 3.8) is 0 Å². The zero-order chi connectivity index (χ0) is 21.6. The van der Waals surface area contributed by atoms with Gasteiger partial charge in [0.25, 0.3) is 11.8 Å². The van der Waals surface area contributed by atoms with E-state index in [-0.39, 0.29) is 11.8 Å². The van der Waals surface area contributed by atoms with Gasteiger partial charge in [0.05, 0.1) is 23.2 Å². The topological polar surface area (TPSA) is 95.6 Å². The molecule has 7 nitrogen and oxygen atoms in total. The highest BCUT2D eigenvalue weighted by Crippen LogP contribution is 2.23. The molecule has 0 heterocycles. The first-order valence-corrected chi connectivity index (χ1v) is 11.2. The second-order valence-electron chi connectivity index (χ2n) is 6.84. The largest absolute Gasteiger partial charge is 0.352 e. The number of amides is 2. The summed E-state index contributed by atoms with van der Waals surface area (Å²) in [6, 6.07) is 11.6. The molecule has 0 aliphatic rings. The van der Waals surface area contributed by atoms with E-state index in [0.29, 0.717) is 34.6 Å². The SMILES string of the molecule is CCCCNC(=O)c1ccccc1NC(=O)c1ccc(N(C)S(C)(=O)=O)c(C)c1. The number of para-hydroxylation sites is 1. The number of hydrogen-bond donors (Lipinski definition) is 2. The van der Waals surface area contributed by atoms with E-state index in [2.05, 4.69) is 10.6 Å². The molecule has 0 saturated heterocycles. The molecular weight excluding hydrogens is 390 g/mol. The van der Waals surface area contributed by atoms with E-state index in [1.54, 1.807) is 49.4 Å². The molecule has 2 aromatic rings. The molecule has 2 aromatic carbocycles. The molecule has 0 bridgehead atoms. The summed E-state index contributed by atoms with van der Waals surface area (Å²) in [4.78, 5) is 25.1. The fourth-order valence-electron chi connectivity index (χ4n) is 2.79. The van der Waals surface area contributed by atoms with Crippen molar-refractivity contribution in [2.75, 3.05) is 29.5 Å². The van der Waals surface area contributed by atoms with Gasteiger partial charge in [-0.05, 0) is 49.2 Å². The lowest BCUT2D eigenvalue weighted by Gasteiger charge is -2.19. The molecule has 2 N–H and O–H groups in total. The normalized spacial score (nSPS) is 11.0. The molecule has 2 rings (SSSR count). The Bertz CT molecular complexity index is 1000. The van der Waals surface area contributed by atoms with Gasteiger partial charge in [-0.25, -0.2) is 8.42 Å². The smallest absolute Gasteiger partial charge is 0.255 e. The first-order valence-electron chi connectivity index (χ1n) is 9.38. The number of carbonyl (C=O) groups is 2. The summed E-state index contributed by atoms with van der Waals surface area (Å²) in [7, 11) is -1.93. The first-order chi connectivity index (χ1) is 13.6. The minimum atomic E-state index is -3.40. The van der Waals surface area contributed by atoms with Crippen LogP contribution in [0, 0.1) is 6.92 Å². The second-order valence-corrected chi connectivity index (χ2v) is 8.85. The van der Waals surface area contributed by atoms with Crippen LogP contribution >= 0.6 is 0 Å². The van der Waals surface area contributed by atoms with Crippen LogP contribution in [0.15, 0.2) is 42.5 Å². The molecule has 0 aromatic heterocycles. The minimum absolute atomic E-state index is 0.240. The second kappa shape index (κ2) is 9.56. The van der Waals surface area contributed by atoms with Gasteiger partial charge in [0.15, 0.2) is 0 Å². The highest BCUT2D eigenvalue weighted by atomic mass is 32.2. The number of unbranched alkanes of at least 4 members (excludes halogenated alkanes) is 1. The lowest BCUT2D eigenvalue weighted by atomic mass is 10.1. The Labute approximate surface area is 172 Å². The van der Waals surface area contributed by atoms with Crippen LogP contribution in [0.5, 0.6) is 0 Å². The van der Waals surface area contributed by atoms with Crippen LogP contribution in [0.4, 0.5) is 11.4 Å². The molecule has 156 valence electrons. The highest BCUT2D eigenvalue weighted by molar-refractivity contribution is 7.92. The van der Waals surface area contributed by atoms with Gasteiger partial charge in [0, 0.05) is 19.2 Å². The van der Waals surface area contributed by atoms with Crippen LogP contribution in [0.1, 0.15) is 46.0 Å². The Kier molecular flexibility index (Phi) is 7.39. The Hall–Kier alpha value is -2.87. The summed E-state index contributed by atoms with van der Waals surface area (Å²) in [6.07, 6.45) is 2.98. The molecular formula is C21H27N3O4S. The molecule has 0 spiro atoms. The zero-order valence-corrected chi connectivity index (χ0v) is 18.0. The zero-order valence-electron chi connectivity index (χ0n) is 17.2. The van der Waals surface area contributed by atoms with Crippen LogP contribution in [0.3, 0.4) is 0 Å². The van der Waals surface area contributed by atoms with Gasteiger partial charge in [0.2, 0.25) is 10.0 Å². The average Bonchev–Trinajstić information content (AvgIpc) is 2.67. The van der Waals surface area contributed by atoms with Crippen molar-refractivity contribution in [3.8, 4) is 0 Å². The summed E-state index contributed by atoms with van der Waals surface area (Å²) in [5.74, 6) is -0.619. The third kappa shape index (κ3) is 5.80. The first kappa shape index (κ1) is 22.4. The molecule has 2 amide bonds. The Morgan fingerprint density at radius 3 is 2.38 bits per heavy atom. The van der Waals surface area contributed by atoms with Gasteiger partial charge in [-0.15, -0.1) is 0 Å². The summed E-state index contributed by atoms with van der Waals surface area (Å²) in [5.41, 5.74) is 2.33. The summed E-state index contributed by atoms with van der Waals surface area (Å²) in [5, 5.41) is 5.62. The van der Waals surface area contributed by atoms with Gasteiger partial charge in [-0.2, -0.15) is 0 Å². The Balaban J connectivity index is 2.21. The minimum Gasteiger partial charge on any atom is -0.352 e. The van der Waals surface area contributed by atoms with E-state index in [0.717, 1.165) is 19.1 Å². The molecule has 0 aliphatic carbocycles. The third-order valence-electron chi connectivity index (χ3n) is 4.53. The van der Waals surface area contributed by atoms with Crippen LogP contribution < -0.4 is 14.9 Å². The maximum Gasteiger partial charge on any atom is 0.255 e. The summed E-state index contributed by atoms with van der Waals surface area (Å²) in [6.45, 7) is 4.36. The number of carbonyl (C=O) groups excluding carboxylic acids is 2. The standard InChI is InChI=1S/C21H27N3O4S/c1-5-6-13-22-21(26)17-9-7-8-10-18(17)23-20(25)16-11-12-19(15(2)14-16)24(3)29(4,27)28/h7-12,14H,5-6,13H2,1-4H3,(H,22,26)(H,23,25). The Morgan fingerprint density at radius 1 is 1.07 bits per heavy atom. The molecule has 0 aliphatic heterocycles. The number of sulfonamides is 1. The number of hydrogen-bond acceptors (Lipinski definition) is 4. The van der Waals surface area contributed by atoms with Crippen LogP contribution in [-0.2, 0) is 10.0 Å².